The molecule has 0 fully saturated rings. The van der Waals surface area contributed by atoms with Crippen LogP contribution >= 0.6 is 11.6 Å². The first-order valence-corrected chi connectivity index (χ1v) is 6.96. The molecule has 1 aromatic heterocycles. The van der Waals surface area contributed by atoms with Crippen molar-refractivity contribution < 1.29 is 19.1 Å². The smallest absolute Gasteiger partial charge is 0.304 e. The monoisotopic (exact) mass is 308 g/mol. The number of ether oxygens (including phenoxy) is 1. The van der Waals surface area contributed by atoms with Gasteiger partial charge in [-0.1, -0.05) is 18.5 Å². The van der Waals surface area contributed by atoms with Gasteiger partial charge in [-0.15, -0.1) is 0 Å². The molecule has 0 aliphatic rings. The van der Waals surface area contributed by atoms with E-state index in [9.17, 15) is 4.79 Å². The van der Waals surface area contributed by atoms with Crippen LogP contribution in [0.5, 0.6) is 5.75 Å². The molecule has 0 amide bonds. The summed E-state index contributed by atoms with van der Waals surface area (Å²) in [5, 5.41) is 9.47. The van der Waals surface area contributed by atoms with Crippen LogP contribution < -0.4 is 4.74 Å². The lowest BCUT2D eigenvalue weighted by molar-refractivity contribution is -0.137. The van der Waals surface area contributed by atoms with E-state index in [-0.39, 0.29) is 12.3 Å². The third-order valence-electron chi connectivity index (χ3n) is 3.34. The summed E-state index contributed by atoms with van der Waals surface area (Å²) in [6.45, 7) is 3.73. The van der Waals surface area contributed by atoms with Gasteiger partial charge in [0.25, 0.3) is 0 Å². The van der Waals surface area contributed by atoms with E-state index in [0.29, 0.717) is 22.3 Å². The predicted octanol–water partition coefficient (Wildman–Crippen LogP) is 4.50. The van der Waals surface area contributed by atoms with Crippen molar-refractivity contribution in [1.29, 1.82) is 0 Å². The summed E-state index contributed by atoms with van der Waals surface area (Å²) in [4.78, 5) is 10.8. The Hall–Kier alpha value is -1.94. The average molecular weight is 309 g/mol. The van der Waals surface area contributed by atoms with Gasteiger partial charge in [0.1, 0.15) is 17.3 Å². The second kappa shape index (κ2) is 6.22. The van der Waals surface area contributed by atoms with E-state index in [1.807, 2.05) is 26.0 Å². The maximum Gasteiger partial charge on any atom is 0.304 e. The number of rotatable bonds is 5. The summed E-state index contributed by atoms with van der Waals surface area (Å²) >= 11 is 6.09. The molecule has 0 spiro atoms. The molecule has 0 radical (unpaired) electrons. The van der Waals surface area contributed by atoms with Gasteiger partial charge in [-0.05, 0) is 36.8 Å². The summed E-state index contributed by atoms with van der Waals surface area (Å²) in [5.41, 5.74) is 1.72. The number of carboxylic acids is 1. The first-order chi connectivity index (χ1) is 9.92. The first-order valence-electron chi connectivity index (χ1n) is 6.58. The van der Waals surface area contributed by atoms with E-state index < -0.39 is 5.97 Å². The maximum atomic E-state index is 10.8. The molecular weight excluding hydrogens is 292 g/mol. The largest absolute Gasteiger partial charge is 0.496 e. The Morgan fingerprint density at radius 3 is 2.76 bits per heavy atom. The number of hydrogen-bond donors (Lipinski definition) is 1. The first kappa shape index (κ1) is 15.4. The van der Waals surface area contributed by atoms with Crippen LogP contribution in [0.4, 0.5) is 0 Å². The van der Waals surface area contributed by atoms with E-state index >= 15 is 0 Å². The molecular formula is C16H17ClO4. The highest BCUT2D eigenvalue weighted by Gasteiger charge is 2.17. The molecule has 0 saturated heterocycles. The lowest BCUT2D eigenvalue weighted by Gasteiger charge is -2.09. The third-order valence-corrected chi connectivity index (χ3v) is 3.75. The summed E-state index contributed by atoms with van der Waals surface area (Å²) in [7, 11) is 1.57. The SMILES string of the molecule is COc1cc(Cl)c(C)cc1-c1ccc(C(C)CC(=O)O)o1. The molecule has 1 heterocycles. The number of aliphatic carboxylic acids is 1. The Kier molecular flexibility index (Phi) is 4.58. The molecule has 112 valence electrons. The number of carbonyl (C=O) groups is 1. The molecule has 4 nitrogen and oxygen atoms in total. The van der Waals surface area contributed by atoms with Crippen LogP contribution in [-0.2, 0) is 4.79 Å². The van der Waals surface area contributed by atoms with Crippen molar-refractivity contribution in [2.75, 3.05) is 7.11 Å². The number of carboxylic acid groups (broad SMARTS) is 1. The van der Waals surface area contributed by atoms with Crippen molar-refractivity contribution in [2.24, 2.45) is 0 Å². The highest BCUT2D eigenvalue weighted by atomic mass is 35.5. The average Bonchev–Trinajstić information content (AvgIpc) is 2.90. The van der Waals surface area contributed by atoms with Crippen molar-refractivity contribution in [3.05, 3.63) is 40.6 Å². The molecule has 0 bridgehead atoms. The van der Waals surface area contributed by atoms with Gasteiger partial charge >= 0.3 is 5.97 Å². The van der Waals surface area contributed by atoms with Crippen molar-refractivity contribution >= 4 is 17.6 Å². The zero-order valence-corrected chi connectivity index (χ0v) is 12.9. The summed E-state index contributed by atoms with van der Waals surface area (Å²) in [5.74, 6) is 0.870. The Labute approximate surface area is 128 Å². The van der Waals surface area contributed by atoms with Crippen LogP contribution in [0, 0.1) is 6.92 Å². The van der Waals surface area contributed by atoms with Gasteiger partial charge < -0.3 is 14.3 Å². The van der Waals surface area contributed by atoms with Crippen molar-refractivity contribution in [3.8, 4) is 17.1 Å². The van der Waals surface area contributed by atoms with E-state index in [1.54, 1.807) is 19.2 Å². The van der Waals surface area contributed by atoms with E-state index in [2.05, 4.69) is 0 Å². The minimum absolute atomic E-state index is 0.0315. The molecule has 0 saturated carbocycles. The summed E-state index contributed by atoms with van der Waals surface area (Å²) in [6, 6.07) is 7.26. The van der Waals surface area contributed by atoms with Gasteiger partial charge in [0, 0.05) is 10.9 Å². The number of furan rings is 1. The van der Waals surface area contributed by atoms with Crippen LogP contribution in [0.15, 0.2) is 28.7 Å². The summed E-state index contributed by atoms with van der Waals surface area (Å²) in [6.07, 6.45) is 0.0315. The Morgan fingerprint density at radius 2 is 2.14 bits per heavy atom. The van der Waals surface area contributed by atoms with Crippen molar-refractivity contribution in [3.63, 3.8) is 0 Å². The second-order valence-corrected chi connectivity index (χ2v) is 5.41. The Bertz CT molecular complexity index is 660. The highest BCUT2D eigenvalue weighted by molar-refractivity contribution is 6.31. The minimum Gasteiger partial charge on any atom is -0.496 e. The van der Waals surface area contributed by atoms with Gasteiger partial charge in [0.2, 0.25) is 0 Å². The topological polar surface area (TPSA) is 59.7 Å². The van der Waals surface area contributed by atoms with E-state index in [4.69, 9.17) is 25.9 Å². The number of benzene rings is 1. The molecule has 1 N–H and O–H groups in total. The fourth-order valence-electron chi connectivity index (χ4n) is 2.15. The van der Waals surface area contributed by atoms with Crippen molar-refractivity contribution in [2.45, 2.75) is 26.2 Å². The molecule has 1 unspecified atom stereocenters. The molecule has 5 heteroatoms. The quantitative estimate of drug-likeness (QED) is 0.883. The van der Waals surface area contributed by atoms with E-state index in [1.165, 1.54) is 0 Å². The number of hydrogen-bond acceptors (Lipinski definition) is 3. The van der Waals surface area contributed by atoms with Crippen LogP contribution in [0.25, 0.3) is 11.3 Å². The number of halogens is 1. The number of aryl methyl sites for hydroxylation is 1. The fourth-order valence-corrected chi connectivity index (χ4v) is 2.30. The van der Waals surface area contributed by atoms with Gasteiger partial charge in [0.05, 0.1) is 19.1 Å². The predicted molar refractivity (Wildman–Crippen MR) is 81.1 cm³/mol. The maximum absolute atomic E-state index is 10.8. The zero-order valence-electron chi connectivity index (χ0n) is 12.1. The molecule has 0 aliphatic heterocycles. The normalized spacial score (nSPS) is 12.2. The van der Waals surface area contributed by atoms with Gasteiger partial charge in [-0.25, -0.2) is 0 Å². The van der Waals surface area contributed by atoms with Gasteiger partial charge in [-0.2, -0.15) is 0 Å². The molecule has 1 atom stereocenters. The van der Waals surface area contributed by atoms with Crippen LogP contribution in [0.3, 0.4) is 0 Å². The lowest BCUT2D eigenvalue weighted by atomic mass is 10.1. The van der Waals surface area contributed by atoms with E-state index in [0.717, 1.165) is 11.1 Å². The van der Waals surface area contributed by atoms with Crippen LogP contribution in [0.2, 0.25) is 5.02 Å². The molecule has 1 aromatic carbocycles. The highest BCUT2D eigenvalue weighted by Crippen LogP contribution is 2.36. The minimum atomic E-state index is -0.847. The fraction of sp³-hybridized carbons (Fsp3) is 0.312. The Balaban J connectivity index is 2.37. The lowest BCUT2D eigenvalue weighted by Crippen LogP contribution is -2.01. The molecule has 0 aliphatic carbocycles. The number of methoxy groups -OCH3 is 1. The molecule has 2 rings (SSSR count). The summed E-state index contributed by atoms with van der Waals surface area (Å²) < 4.78 is 11.1. The zero-order chi connectivity index (χ0) is 15.6. The Morgan fingerprint density at radius 1 is 1.43 bits per heavy atom. The van der Waals surface area contributed by atoms with Crippen LogP contribution in [-0.4, -0.2) is 18.2 Å². The van der Waals surface area contributed by atoms with Gasteiger partial charge in [-0.3, -0.25) is 4.79 Å². The van der Waals surface area contributed by atoms with Crippen molar-refractivity contribution in [1.82, 2.24) is 0 Å². The molecule has 2 aromatic rings. The van der Waals surface area contributed by atoms with Crippen LogP contribution in [0.1, 0.15) is 30.6 Å². The molecule has 21 heavy (non-hydrogen) atoms. The standard InChI is InChI=1S/C16H17ClO4/c1-9-6-11(15(20-3)8-12(9)17)14-5-4-13(21-14)10(2)7-16(18)19/h4-6,8,10H,7H2,1-3H3,(H,18,19). The van der Waals surface area contributed by atoms with Gasteiger partial charge in [0.15, 0.2) is 0 Å². The second-order valence-electron chi connectivity index (χ2n) is 5.00. The third kappa shape index (κ3) is 3.39.